The van der Waals surface area contributed by atoms with Gasteiger partial charge in [-0.05, 0) is 66.2 Å². The van der Waals surface area contributed by atoms with E-state index in [2.05, 4.69) is 17.6 Å². The summed E-state index contributed by atoms with van der Waals surface area (Å²) in [5.41, 5.74) is 3.19. The standard InChI is InChI=1S/C23H24N2O3S/c1-3-12-28-19-10-11-20(16(2)14-19)25-22(26)18-8-6-17(7-9-18)15-24-23(27)21-5-4-13-29-21/h4-11,13-14H,3,12,15H2,1-2H3,(H,24,27)(H,25,26). The lowest BCUT2D eigenvalue weighted by atomic mass is 10.1. The molecule has 0 aliphatic carbocycles. The Morgan fingerprint density at radius 3 is 2.48 bits per heavy atom. The first-order valence-corrected chi connectivity index (χ1v) is 10.4. The highest BCUT2D eigenvalue weighted by atomic mass is 32.1. The lowest BCUT2D eigenvalue weighted by Gasteiger charge is -2.11. The average molecular weight is 409 g/mol. The SMILES string of the molecule is CCCOc1ccc(NC(=O)c2ccc(CNC(=O)c3cccs3)cc2)c(C)c1. The van der Waals surface area contributed by atoms with E-state index in [1.54, 1.807) is 18.2 Å². The van der Waals surface area contributed by atoms with Gasteiger partial charge in [0.05, 0.1) is 11.5 Å². The van der Waals surface area contributed by atoms with Crippen LogP contribution in [0.2, 0.25) is 0 Å². The highest BCUT2D eigenvalue weighted by Gasteiger charge is 2.10. The van der Waals surface area contributed by atoms with Gasteiger partial charge in [0, 0.05) is 17.8 Å². The number of hydrogen-bond acceptors (Lipinski definition) is 4. The second kappa shape index (κ2) is 9.89. The van der Waals surface area contributed by atoms with Crippen LogP contribution in [0.3, 0.4) is 0 Å². The van der Waals surface area contributed by atoms with Crippen molar-refractivity contribution in [3.63, 3.8) is 0 Å². The summed E-state index contributed by atoms with van der Waals surface area (Å²) in [4.78, 5) is 25.2. The average Bonchev–Trinajstić information content (AvgIpc) is 3.27. The molecule has 2 N–H and O–H groups in total. The summed E-state index contributed by atoms with van der Waals surface area (Å²) < 4.78 is 5.62. The third-order valence-electron chi connectivity index (χ3n) is 4.33. The molecule has 1 aromatic heterocycles. The predicted octanol–water partition coefficient (Wildman–Crippen LogP) is 5.03. The lowest BCUT2D eigenvalue weighted by Crippen LogP contribution is -2.21. The number of rotatable bonds is 8. The fraction of sp³-hybridized carbons (Fsp3) is 0.217. The van der Waals surface area contributed by atoms with Crippen LogP contribution in [0.25, 0.3) is 0 Å². The molecule has 2 amide bonds. The number of amides is 2. The van der Waals surface area contributed by atoms with Crippen LogP contribution in [0.1, 0.15) is 44.5 Å². The summed E-state index contributed by atoms with van der Waals surface area (Å²) in [6, 6.07) is 16.5. The quantitative estimate of drug-likeness (QED) is 0.549. The molecular weight excluding hydrogens is 384 g/mol. The molecule has 0 aliphatic heterocycles. The van der Waals surface area contributed by atoms with Crippen LogP contribution in [0.4, 0.5) is 5.69 Å². The zero-order valence-electron chi connectivity index (χ0n) is 16.5. The van der Waals surface area contributed by atoms with Gasteiger partial charge in [-0.25, -0.2) is 0 Å². The summed E-state index contributed by atoms with van der Waals surface area (Å²) in [5, 5.41) is 7.68. The highest BCUT2D eigenvalue weighted by Crippen LogP contribution is 2.22. The van der Waals surface area contributed by atoms with Crippen LogP contribution in [-0.2, 0) is 6.54 Å². The normalized spacial score (nSPS) is 10.4. The third-order valence-corrected chi connectivity index (χ3v) is 5.20. The number of aryl methyl sites for hydroxylation is 1. The van der Waals surface area contributed by atoms with Gasteiger partial charge >= 0.3 is 0 Å². The first kappa shape index (κ1) is 20.6. The molecule has 0 aliphatic rings. The van der Waals surface area contributed by atoms with E-state index >= 15 is 0 Å². The molecule has 0 bridgehead atoms. The molecule has 5 nitrogen and oxygen atoms in total. The van der Waals surface area contributed by atoms with E-state index in [0.717, 1.165) is 29.0 Å². The molecule has 6 heteroatoms. The summed E-state index contributed by atoms with van der Waals surface area (Å²) >= 11 is 1.41. The van der Waals surface area contributed by atoms with Gasteiger partial charge in [-0.3, -0.25) is 9.59 Å². The van der Waals surface area contributed by atoms with Crippen molar-refractivity contribution in [2.45, 2.75) is 26.8 Å². The van der Waals surface area contributed by atoms with Gasteiger partial charge in [-0.1, -0.05) is 25.1 Å². The van der Waals surface area contributed by atoms with Crippen LogP contribution >= 0.6 is 11.3 Å². The molecule has 3 aromatic rings. The molecular formula is C23H24N2O3S. The van der Waals surface area contributed by atoms with E-state index in [1.165, 1.54) is 11.3 Å². The second-order valence-electron chi connectivity index (χ2n) is 6.64. The van der Waals surface area contributed by atoms with Crippen molar-refractivity contribution in [1.29, 1.82) is 0 Å². The van der Waals surface area contributed by atoms with E-state index < -0.39 is 0 Å². The number of thiophene rings is 1. The molecule has 0 saturated carbocycles. The van der Waals surface area contributed by atoms with Gasteiger partial charge in [0.25, 0.3) is 11.8 Å². The van der Waals surface area contributed by atoms with Crippen molar-refractivity contribution < 1.29 is 14.3 Å². The van der Waals surface area contributed by atoms with E-state index in [4.69, 9.17) is 4.74 Å². The molecule has 0 saturated heterocycles. The number of carbonyl (C=O) groups excluding carboxylic acids is 2. The highest BCUT2D eigenvalue weighted by molar-refractivity contribution is 7.12. The van der Waals surface area contributed by atoms with E-state index in [-0.39, 0.29) is 11.8 Å². The Bertz CT molecular complexity index is 966. The Kier molecular flexibility index (Phi) is 7.03. The molecule has 2 aromatic carbocycles. The van der Waals surface area contributed by atoms with Crippen molar-refractivity contribution in [2.75, 3.05) is 11.9 Å². The number of nitrogens with one attached hydrogen (secondary N) is 2. The Morgan fingerprint density at radius 2 is 1.83 bits per heavy atom. The number of anilines is 1. The Balaban J connectivity index is 1.57. The zero-order valence-corrected chi connectivity index (χ0v) is 17.3. The van der Waals surface area contributed by atoms with Gasteiger partial charge in [0.1, 0.15) is 5.75 Å². The lowest BCUT2D eigenvalue weighted by molar-refractivity contribution is 0.0953. The zero-order chi connectivity index (χ0) is 20.6. The Hall–Kier alpha value is -3.12. The van der Waals surface area contributed by atoms with E-state index in [9.17, 15) is 9.59 Å². The topological polar surface area (TPSA) is 67.4 Å². The van der Waals surface area contributed by atoms with Gasteiger partial charge < -0.3 is 15.4 Å². The minimum atomic E-state index is -0.176. The summed E-state index contributed by atoms with van der Waals surface area (Å²) in [7, 11) is 0. The van der Waals surface area contributed by atoms with Crippen molar-refractivity contribution in [3.8, 4) is 5.75 Å². The fourth-order valence-electron chi connectivity index (χ4n) is 2.73. The van der Waals surface area contributed by atoms with Crippen molar-refractivity contribution >= 4 is 28.8 Å². The van der Waals surface area contributed by atoms with Crippen molar-refractivity contribution in [3.05, 3.63) is 81.5 Å². The number of hydrogen-bond donors (Lipinski definition) is 2. The Labute approximate surface area is 174 Å². The van der Waals surface area contributed by atoms with E-state index in [0.29, 0.717) is 23.6 Å². The maximum Gasteiger partial charge on any atom is 0.261 e. The summed E-state index contributed by atoms with van der Waals surface area (Å²) in [5.74, 6) is 0.532. The maximum absolute atomic E-state index is 12.5. The van der Waals surface area contributed by atoms with E-state index in [1.807, 2.05) is 48.7 Å². The molecule has 1 heterocycles. The third kappa shape index (κ3) is 5.68. The molecule has 0 unspecified atom stereocenters. The number of ether oxygens (including phenoxy) is 1. The molecule has 150 valence electrons. The first-order valence-electron chi connectivity index (χ1n) is 9.52. The van der Waals surface area contributed by atoms with Crippen molar-refractivity contribution in [1.82, 2.24) is 5.32 Å². The van der Waals surface area contributed by atoms with Gasteiger partial charge in [-0.2, -0.15) is 0 Å². The van der Waals surface area contributed by atoms with Crippen LogP contribution in [0.5, 0.6) is 5.75 Å². The van der Waals surface area contributed by atoms with Crippen LogP contribution in [-0.4, -0.2) is 18.4 Å². The minimum absolute atomic E-state index is 0.0938. The molecule has 3 rings (SSSR count). The molecule has 0 radical (unpaired) electrons. The minimum Gasteiger partial charge on any atom is -0.494 e. The molecule has 29 heavy (non-hydrogen) atoms. The molecule has 0 fully saturated rings. The van der Waals surface area contributed by atoms with Crippen LogP contribution < -0.4 is 15.4 Å². The maximum atomic E-state index is 12.5. The van der Waals surface area contributed by atoms with Crippen LogP contribution in [0.15, 0.2) is 60.0 Å². The second-order valence-corrected chi connectivity index (χ2v) is 7.58. The number of benzene rings is 2. The molecule has 0 spiro atoms. The number of carbonyl (C=O) groups is 2. The van der Waals surface area contributed by atoms with Crippen molar-refractivity contribution in [2.24, 2.45) is 0 Å². The smallest absolute Gasteiger partial charge is 0.261 e. The van der Waals surface area contributed by atoms with Gasteiger partial charge in [0.2, 0.25) is 0 Å². The van der Waals surface area contributed by atoms with Crippen LogP contribution in [0, 0.1) is 6.92 Å². The largest absolute Gasteiger partial charge is 0.494 e. The Morgan fingerprint density at radius 1 is 1.03 bits per heavy atom. The van der Waals surface area contributed by atoms with Gasteiger partial charge in [-0.15, -0.1) is 11.3 Å². The monoisotopic (exact) mass is 408 g/mol. The fourth-order valence-corrected chi connectivity index (χ4v) is 3.37. The first-order chi connectivity index (χ1) is 14.1. The summed E-state index contributed by atoms with van der Waals surface area (Å²) in [6.07, 6.45) is 0.950. The summed E-state index contributed by atoms with van der Waals surface area (Å²) in [6.45, 7) is 5.08. The predicted molar refractivity (Wildman–Crippen MR) is 117 cm³/mol. The van der Waals surface area contributed by atoms with Gasteiger partial charge in [0.15, 0.2) is 0 Å². The molecule has 0 atom stereocenters.